The molecule has 0 aliphatic rings. The van der Waals surface area contributed by atoms with Crippen LogP contribution in [0.3, 0.4) is 0 Å². The van der Waals surface area contributed by atoms with Crippen molar-refractivity contribution < 1.29 is 9.53 Å². The maximum Gasteiger partial charge on any atom is 0.193 e. The summed E-state index contributed by atoms with van der Waals surface area (Å²) in [5.41, 5.74) is 2.26. The first-order valence-corrected chi connectivity index (χ1v) is 13.5. The molecule has 2 heteroatoms. The quantitative estimate of drug-likeness (QED) is 0.269. The van der Waals surface area contributed by atoms with Gasteiger partial charge in [-0.3, -0.25) is 4.79 Å². The van der Waals surface area contributed by atoms with Crippen LogP contribution in [0, 0.1) is 5.92 Å². The van der Waals surface area contributed by atoms with Crippen molar-refractivity contribution in [1.82, 2.24) is 0 Å². The number of hydrogen-bond acceptors (Lipinski definition) is 2. The fourth-order valence-electron chi connectivity index (χ4n) is 2.89. The fourth-order valence-corrected chi connectivity index (χ4v) is 2.89. The Labute approximate surface area is 212 Å². The Morgan fingerprint density at radius 2 is 1.26 bits per heavy atom. The van der Waals surface area contributed by atoms with Crippen LogP contribution in [0.25, 0.3) is 6.08 Å². The zero-order valence-electron chi connectivity index (χ0n) is 24.2. The Morgan fingerprint density at radius 1 is 0.765 bits per heavy atom. The molecule has 0 N–H and O–H groups in total. The van der Waals surface area contributed by atoms with Gasteiger partial charge in [0.05, 0.1) is 12.4 Å². The highest BCUT2D eigenvalue weighted by Gasteiger charge is 2.11. The van der Waals surface area contributed by atoms with E-state index in [1.807, 2.05) is 102 Å². The Hall–Kier alpha value is -2.35. The molecule has 2 aromatic rings. The van der Waals surface area contributed by atoms with Gasteiger partial charge in [0.15, 0.2) is 5.78 Å². The first-order valence-electron chi connectivity index (χ1n) is 13.5. The van der Waals surface area contributed by atoms with Crippen LogP contribution >= 0.6 is 0 Å². The van der Waals surface area contributed by atoms with Crippen molar-refractivity contribution in [3.63, 3.8) is 0 Å². The lowest BCUT2D eigenvalue weighted by atomic mass is 9.98. The van der Waals surface area contributed by atoms with Gasteiger partial charge in [0.1, 0.15) is 0 Å². The van der Waals surface area contributed by atoms with E-state index in [4.69, 9.17) is 4.74 Å². The van der Waals surface area contributed by atoms with Crippen LogP contribution in [-0.4, -0.2) is 11.9 Å². The zero-order valence-corrected chi connectivity index (χ0v) is 24.2. The molecule has 34 heavy (non-hydrogen) atoms. The molecule has 0 saturated heterocycles. The van der Waals surface area contributed by atoms with Gasteiger partial charge in [0.2, 0.25) is 0 Å². The van der Waals surface area contributed by atoms with Crippen molar-refractivity contribution >= 4 is 11.9 Å². The van der Waals surface area contributed by atoms with Gasteiger partial charge in [-0.05, 0) is 30.9 Å². The summed E-state index contributed by atoms with van der Waals surface area (Å²) in [5, 5.41) is 0. The van der Waals surface area contributed by atoms with E-state index in [1.54, 1.807) is 6.26 Å². The van der Waals surface area contributed by atoms with Gasteiger partial charge in [-0.15, -0.1) is 0 Å². The second kappa shape index (κ2) is 26.9. The molecule has 0 saturated carbocycles. The lowest BCUT2D eigenvalue weighted by Crippen LogP contribution is -2.04. The van der Waals surface area contributed by atoms with E-state index in [2.05, 4.69) is 34.6 Å². The standard InChI is InChI=1S/C20H22O2.C6H14.3C2H6/c1-3-9-16(2)22-15-14-17-10-7-8-13-19(17)20(21)18-11-5-4-6-12-18;1-4-5-6(2)3;3*1-2/h4-8,10-16H,3,9H2,1-2H3;6H,4-5H2,1-3H3;3*1-2H3/b15-14+;;;;. The van der Waals surface area contributed by atoms with Crippen LogP contribution in [0.1, 0.15) is 123 Å². The number of rotatable bonds is 9. The van der Waals surface area contributed by atoms with Crippen LogP contribution in [-0.2, 0) is 4.74 Å². The first kappa shape index (κ1) is 36.2. The third-order valence-electron chi connectivity index (χ3n) is 4.36. The first-order chi connectivity index (χ1) is 16.5. The molecular weight excluding hydrogens is 416 g/mol. The smallest absolute Gasteiger partial charge is 0.193 e. The Bertz CT molecular complexity index is 702. The van der Waals surface area contributed by atoms with Crippen LogP contribution < -0.4 is 0 Å². The summed E-state index contributed by atoms with van der Waals surface area (Å²) in [6, 6.07) is 16.9. The maximum atomic E-state index is 12.6. The minimum Gasteiger partial charge on any atom is -0.498 e. The molecule has 0 bridgehead atoms. The third kappa shape index (κ3) is 18.1. The molecule has 0 aliphatic heterocycles. The Balaban J connectivity index is -0.000000679. The molecule has 194 valence electrons. The number of carbonyl (C=O) groups is 1. The molecule has 0 amide bonds. The number of hydrogen-bond donors (Lipinski definition) is 0. The van der Waals surface area contributed by atoms with Crippen molar-refractivity contribution in [2.45, 2.75) is 108 Å². The van der Waals surface area contributed by atoms with E-state index in [0.717, 1.165) is 24.3 Å². The van der Waals surface area contributed by atoms with Gasteiger partial charge in [-0.2, -0.15) is 0 Å². The van der Waals surface area contributed by atoms with Crippen molar-refractivity contribution in [2.24, 2.45) is 5.92 Å². The van der Waals surface area contributed by atoms with Crippen molar-refractivity contribution in [3.8, 4) is 0 Å². The van der Waals surface area contributed by atoms with E-state index in [0.29, 0.717) is 11.1 Å². The van der Waals surface area contributed by atoms with E-state index >= 15 is 0 Å². The summed E-state index contributed by atoms with van der Waals surface area (Å²) in [4.78, 5) is 12.6. The molecule has 1 unspecified atom stereocenters. The highest BCUT2D eigenvalue weighted by atomic mass is 16.5. The van der Waals surface area contributed by atoms with E-state index in [9.17, 15) is 4.79 Å². The zero-order chi connectivity index (χ0) is 26.8. The molecule has 0 fully saturated rings. The summed E-state index contributed by atoms with van der Waals surface area (Å²) >= 11 is 0. The Kier molecular flexibility index (Phi) is 28.7. The summed E-state index contributed by atoms with van der Waals surface area (Å²) in [6.45, 7) is 22.9. The minimum atomic E-state index is 0.0301. The van der Waals surface area contributed by atoms with E-state index in [1.165, 1.54) is 12.8 Å². The minimum absolute atomic E-state index is 0.0301. The van der Waals surface area contributed by atoms with Gasteiger partial charge in [-0.1, -0.05) is 143 Å². The topological polar surface area (TPSA) is 26.3 Å². The second-order valence-corrected chi connectivity index (χ2v) is 7.50. The van der Waals surface area contributed by atoms with Gasteiger partial charge in [0, 0.05) is 11.1 Å². The maximum absolute atomic E-state index is 12.6. The van der Waals surface area contributed by atoms with Crippen molar-refractivity contribution in [2.75, 3.05) is 0 Å². The average Bonchev–Trinajstić information content (AvgIpc) is 2.88. The lowest BCUT2D eigenvalue weighted by Gasteiger charge is -2.10. The molecule has 0 heterocycles. The average molecular weight is 471 g/mol. The molecular formula is C32H54O2. The largest absolute Gasteiger partial charge is 0.498 e. The summed E-state index contributed by atoms with van der Waals surface area (Å²) in [7, 11) is 0. The van der Waals surface area contributed by atoms with Crippen molar-refractivity contribution in [3.05, 3.63) is 77.5 Å². The molecule has 0 spiro atoms. The molecule has 2 rings (SSSR count). The number of ketones is 1. The van der Waals surface area contributed by atoms with Gasteiger partial charge >= 0.3 is 0 Å². The number of benzene rings is 2. The predicted octanol–water partition coefficient (Wildman–Crippen LogP) is 10.6. The van der Waals surface area contributed by atoms with Crippen LogP contribution in [0.5, 0.6) is 0 Å². The monoisotopic (exact) mass is 470 g/mol. The van der Waals surface area contributed by atoms with E-state index < -0.39 is 0 Å². The van der Waals surface area contributed by atoms with Gasteiger partial charge in [-0.25, -0.2) is 0 Å². The van der Waals surface area contributed by atoms with Gasteiger partial charge in [0.25, 0.3) is 0 Å². The highest BCUT2D eigenvalue weighted by Crippen LogP contribution is 2.16. The summed E-state index contributed by atoms with van der Waals surface area (Å²) in [5.74, 6) is 0.928. The second-order valence-electron chi connectivity index (χ2n) is 7.50. The molecule has 0 aromatic heterocycles. The third-order valence-corrected chi connectivity index (χ3v) is 4.36. The molecule has 0 aliphatic carbocycles. The number of carbonyl (C=O) groups excluding carboxylic acids is 1. The molecule has 2 aromatic carbocycles. The predicted molar refractivity (Wildman–Crippen MR) is 155 cm³/mol. The van der Waals surface area contributed by atoms with Crippen LogP contribution in [0.15, 0.2) is 60.9 Å². The highest BCUT2D eigenvalue weighted by molar-refractivity contribution is 6.10. The molecule has 1 atom stereocenters. The molecule has 0 radical (unpaired) electrons. The van der Waals surface area contributed by atoms with E-state index in [-0.39, 0.29) is 11.9 Å². The summed E-state index contributed by atoms with van der Waals surface area (Å²) < 4.78 is 5.63. The normalized spacial score (nSPS) is 10.2. The Morgan fingerprint density at radius 3 is 1.74 bits per heavy atom. The SMILES string of the molecule is CC.CC.CC.CCCC(C)C.CCCC(C)O/C=C/c1ccccc1C(=O)c1ccccc1. The van der Waals surface area contributed by atoms with Crippen molar-refractivity contribution in [1.29, 1.82) is 0 Å². The van der Waals surface area contributed by atoms with Crippen LogP contribution in [0.4, 0.5) is 0 Å². The molecule has 2 nitrogen and oxygen atoms in total. The number of ether oxygens (including phenoxy) is 1. The fraction of sp³-hybridized carbons (Fsp3) is 0.531. The van der Waals surface area contributed by atoms with Gasteiger partial charge < -0.3 is 4.74 Å². The lowest BCUT2D eigenvalue weighted by molar-refractivity contribution is 0.103. The van der Waals surface area contributed by atoms with Crippen LogP contribution in [0.2, 0.25) is 0 Å². The summed E-state index contributed by atoms with van der Waals surface area (Å²) in [6.07, 6.45) is 8.57.